The van der Waals surface area contributed by atoms with Crippen molar-refractivity contribution < 1.29 is 0 Å². The maximum absolute atomic E-state index is 13.5. The van der Waals surface area contributed by atoms with Gasteiger partial charge in [-0.05, 0) is 49.1 Å². The van der Waals surface area contributed by atoms with E-state index in [9.17, 15) is 9.59 Å². The SMILES string of the molecule is Cc1cc(C)cc(N2CCCn3c2nc2c3c(=O)n(CC=Cc3ccccc3)c(=O)n2C)c1. The molecule has 5 rings (SSSR count). The fourth-order valence-corrected chi connectivity index (χ4v) is 4.64. The number of aryl methyl sites for hydroxylation is 4. The molecular weight excluding hydrogens is 414 g/mol. The van der Waals surface area contributed by atoms with Gasteiger partial charge >= 0.3 is 5.69 Å². The second kappa shape index (κ2) is 8.24. The summed E-state index contributed by atoms with van der Waals surface area (Å²) >= 11 is 0. The first-order valence-electron chi connectivity index (χ1n) is 11.2. The Balaban J connectivity index is 1.62. The molecule has 1 aliphatic rings. The average Bonchev–Trinajstić information content (AvgIpc) is 3.20. The highest BCUT2D eigenvalue weighted by Crippen LogP contribution is 2.32. The fourth-order valence-electron chi connectivity index (χ4n) is 4.64. The lowest BCUT2D eigenvalue weighted by molar-refractivity contribution is 0.598. The minimum atomic E-state index is -0.362. The van der Waals surface area contributed by atoms with E-state index in [0.29, 0.717) is 23.7 Å². The Morgan fingerprint density at radius 1 is 1.00 bits per heavy atom. The van der Waals surface area contributed by atoms with Crippen LogP contribution in [-0.4, -0.2) is 25.2 Å². The van der Waals surface area contributed by atoms with Crippen LogP contribution in [0.2, 0.25) is 0 Å². The summed E-state index contributed by atoms with van der Waals surface area (Å²) in [6, 6.07) is 16.2. The molecule has 0 atom stereocenters. The van der Waals surface area contributed by atoms with Gasteiger partial charge in [0.2, 0.25) is 5.95 Å². The number of benzene rings is 2. The molecule has 0 aliphatic carbocycles. The Hall–Kier alpha value is -3.87. The number of rotatable bonds is 4. The number of hydrogen-bond acceptors (Lipinski definition) is 4. The number of nitrogens with zero attached hydrogens (tertiary/aromatic N) is 5. The highest BCUT2D eigenvalue weighted by Gasteiger charge is 2.27. The first-order chi connectivity index (χ1) is 15.9. The molecule has 0 radical (unpaired) electrons. The summed E-state index contributed by atoms with van der Waals surface area (Å²) in [6.45, 7) is 5.87. The Morgan fingerprint density at radius 2 is 1.73 bits per heavy atom. The third kappa shape index (κ3) is 3.69. The summed E-state index contributed by atoms with van der Waals surface area (Å²) in [5.41, 5.74) is 4.69. The number of imidazole rings is 1. The minimum Gasteiger partial charge on any atom is -0.312 e. The zero-order valence-corrected chi connectivity index (χ0v) is 19.2. The first kappa shape index (κ1) is 21.0. The molecule has 168 valence electrons. The molecule has 0 fully saturated rings. The standard InChI is InChI=1S/C26H27N5O2/c1-18-15-19(2)17-21(16-18)29-13-8-14-30-22-23(27-25(29)30)28(3)26(33)31(24(22)32)12-7-11-20-9-5-4-6-10-20/h4-7,9-11,15-17H,8,12-14H2,1-3H3. The lowest BCUT2D eigenvalue weighted by Crippen LogP contribution is -2.39. The Kier molecular flexibility index (Phi) is 5.24. The van der Waals surface area contributed by atoms with Gasteiger partial charge in [-0.1, -0.05) is 48.6 Å². The van der Waals surface area contributed by atoms with Crippen LogP contribution in [0.15, 0.2) is 64.2 Å². The molecule has 2 aromatic carbocycles. The quantitative estimate of drug-likeness (QED) is 0.484. The van der Waals surface area contributed by atoms with Gasteiger partial charge in [-0.25, -0.2) is 4.79 Å². The number of fused-ring (bicyclic) bond motifs is 3. The van der Waals surface area contributed by atoms with Gasteiger partial charge in [0, 0.05) is 32.4 Å². The van der Waals surface area contributed by atoms with Gasteiger partial charge < -0.3 is 9.47 Å². The van der Waals surface area contributed by atoms with Crippen LogP contribution in [-0.2, 0) is 20.1 Å². The number of allylic oxidation sites excluding steroid dienone is 1. The topological polar surface area (TPSA) is 65.1 Å². The third-order valence-electron chi connectivity index (χ3n) is 6.13. The number of hydrogen-bond donors (Lipinski definition) is 0. The molecule has 4 aromatic rings. The second-order valence-corrected chi connectivity index (χ2v) is 8.66. The van der Waals surface area contributed by atoms with E-state index in [0.717, 1.165) is 24.2 Å². The average molecular weight is 442 g/mol. The highest BCUT2D eigenvalue weighted by molar-refractivity contribution is 5.77. The summed E-state index contributed by atoms with van der Waals surface area (Å²) in [4.78, 5) is 33.4. The van der Waals surface area contributed by atoms with Gasteiger partial charge in [-0.3, -0.25) is 13.9 Å². The van der Waals surface area contributed by atoms with E-state index in [1.54, 1.807) is 7.05 Å². The predicted molar refractivity (Wildman–Crippen MR) is 132 cm³/mol. The van der Waals surface area contributed by atoms with Gasteiger partial charge in [-0.15, -0.1) is 0 Å². The molecule has 3 heterocycles. The van der Waals surface area contributed by atoms with E-state index in [2.05, 4.69) is 36.9 Å². The van der Waals surface area contributed by atoms with E-state index < -0.39 is 0 Å². The summed E-state index contributed by atoms with van der Waals surface area (Å²) in [5.74, 6) is 0.714. The minimum absolute atomic E-state index is 0.206. The van der Waals surface area contributed by atoms with E-state index >= 15 is 0 Å². The summed E-state index contributed by atoms with van der Waals surface area (Å²) < 4.78 is 4.74. The molecule has 0 saturated heterocycles. The van der Waals surface area contributed by atoms with Crippen molar-refractivity contribution in [3.05, 3.63) is 92.1 Å². The smallest absolute Gasteiger partial charge is 0.312 e. The van der Waals surface area contributed by atoms with Gasteiger partial charge in [-0.2, -0.15) is 4.98 Å². The van der Waals surface area contributed by atoms with Crippen LogP contribution in [0.1, 0.15) is 23.1 Å². The van der Waals surface area contributed by atoms with Crippen LogP contribution in [0.5, 0.6) is 0 Å². The third-order valence-corrected chi connectivity index (χ3v) is 6.13. The van der Waals surface area contributed by atoms with Crippen LogP contribution < -0.4 is 16.1 Å². The Labute approximate surface area is 191 Å². The first-order valence-corrected chi connectivity index (χ1v) is 11.2. The van der Waals surface area contributed by atoms with E-state index in [4.69, 9.17) is 4.98 Å². The van der Waals surface area contributed by atoms with Gasteiger partial charge in [0.25, 0.3) is 5.56 Å². The lowest BCUT2D eigenvalue weighted by atomic mass is 10.1. The number of aromatic nitrogens is 4. The van der Waals surface area contributed by atoms with Crippen LogP contribution in [0.3, 0.4) is 0 Å². The summed E-state index contributed by atoms with van der Waals surface area (Å²) in [7, 11) is 1.68. The molecule has 7 heteroatoms. The lowest BCUT2D eigenvalue weighted by Gasteiger charge is -2.29. The van der Waals surface area contributed by atoms with Gasteiger partial charge in [0.1, 0.15) is 0 Å². The summed E-state index contributed by atoms with van der Waals surface area (Å²) in [6.07, 6.45) is 4.66. The van der Waals surface area contributed by atoms with E-state index in [1.165, 1.54) is 20.3 Å². The zero-order chi connectivity index (χ0) is 23.1. The molecule has 0 saturated carbocycles. The van der Waals surface area contributed by atoms with Crippen molar-refractivity contribution in [2.45, 2.75) is 33.4 Å². The second-order valence-electron chi connectivity index (χ2n) is 8.66. The van der Waals surface area contributed by atoms with Crippen LogP contribution >= 0.6 is 0 Å². The van der Waals surface area contributed by atoms with Crippen molar-refractivity contribution in [2.24, 2.45) is 7.05 Å². The summed E-state index contributed by atoms with van der Waals surface area (Å²) in [5, 5.41) is 0. The molecule has 7 nitrogen and oxygen atoms in total. The molecule has 0 N–H and O–H groups in total. The predicted octanol–water partition coefficient (Wildman–Crippen LogP) is 3.77. The van der Waals surface area contributed by atoms with Crippen molar-refractivity contribution in [2.75, 3.05) is 11.4 Å². The number of anilines is 2. The highest BCUT2D eigenvalue weighted by atomic mass is 16.2. The molecule has 1 aliphatic heterocycles. The van der Waals surface area contributed by atoms with E-state index in [-0.39, 0.29) is 17.8 Å². The van der Waals surface area contributed by atoms with Crippen molar-refractivity contribution >= 4 is 28.9 Å². The zero-order valence-electron chi connectivity index (χ0n) is 19.2. The maximum atomic E-state index is 13.5. The normalized spacial score (nSPS) is 13.7. The van der Waals surface area contributed by atoms with Crippen LogP contribution in [0, 0.1) is 13.8 Å². The largest absolute Gasteiger partial charge is 0.332 e. The Bertz CT molecular complexity index is 1470. The van der Waals surface area contributed by atoms with Crippen molar-refractivity contribution in [1.29, 1.82) is 0 Å². The molecule has 0 unspecified atom stereocenters. The molecule has 0 spiro atoms. The molecular formula is C26H27N5O2. The molecule has 0 amide bonds. The maximum Gasteiger partial charge on any atom is 0.332 e. The van der Waals surface area contributed by atoms with Crippen molar-refractivity contribution in [3.8, 4) is 0 Å². The Morgan fingerprint density at radius 3 is 2.45 bits per heavy atom. The fraction of sp³-hybridized carbons (Fsp3) is 0.269. The van der Waals surface area contributed by atoms with Crippen molar-refractivity contribution in [1.82, 2.24) is 18.7 Å². The molecule has 33 heavy (non-hydrogen) atoms. The van der Waals surface area contributed by atoms with Crippen LogP contribution in [0.4, 0.5) is 11.6 Å². The van der Waals surface area contributed by atoms with Gasteiger partial charge in [0.15, 0.2) is 11.2 Å². The monoisotopic (exact) mass is 441 g/mol. The molecule has 2 aromatic heterocycles. The van der Waals surface area contributed by atoms with E-state index in [1.807, 2.05) is 47.1 Å². The van der Waals surface area contributed by atoms with Gasteiger partial charge in [0.05, 0.1) is 0 Å². The van der Waals surface area contributed by atoms with Crippen LogP contribution in [0.25, 0.3) is 17.2 Å². The molecule has 0 bridgehead atoms. The van der Waals surface area contributed by atoms with Crippen molar-refractivity contribution in [3.63, 3.8) is 0 Å².